The number of carbonyl (C=O) groups excluding carboxylic acids is 1. The van der Waals surface area contributed by atoms with E-state index in [4.69, 9.17) is 0 Å². The number of carbonyl (C=O) groups is 1. The predicted molar refractivity (Wildman–Crippen MR) is 104 cm³/mol. The van der Waals surface area contributed by atoms with Gasteiger partial charge in [0.2, 0.25) is 5.91 Å². The second kappa shape index (κ2) is 8.32. The summed E-state index contributed by atoms with van der Waals surface area (Å²) in [6.45, 7) is 8.67. The Morgan fingerprint density at radius 1 is 1.00 bits per heavy atom. The van der Waals surface area contributed by atoms with E-state index in [9.17, 15) is 9.18 Å². The molecular weight excluding hydrogens is 329 g/mol. The van der Waals surface area contributed by atoms with Gasteiger partial charge in [-0.25, -0.2) is 4.39 Å². The van der Waals surface area contributed by atoms with Crippen LogP contribution in [0.15, 0.2) is 48.5 Å². The predicted octanol–water partition coefficient (Wildman–Crippen LogP) is 3.54. The summed E-state index contributed by atoms with van der Waals surface area (Å²) in [4.78, 5) is 17.0. The first-order chi connectivity index (χ1) is 12.5. The van der Waals surface area contributed by atoms with E-state index in [1.165, 1.54) is 17.8 Å². The Morgan fingerprint density at radius 3 is 2.19 bits per heavy atom. The molecule has 1 N–H and O–H groups in total. The lowest BCUT2D eigenvalue weighted by molar-refractivity contribution is -0.115. The van der Waals surface area contributed by atoms with E-state index in [1.807, 2.05) is 12.1 Å². The standard InChI is InChI=1S/C21H26FN3O/c1-16(2)24-11-13-25(14-12-24)20-9-7-19(8-10-20)23-21(26)15-17-3-5-18(22)6-4-17/h3-10,16H,11-15H2,1-2H3,(H,23,26). The topological polar surface area (TPSA) is 35.6 Å². The summed E-state index contributed by atoms with van der Waals surface area (Å²) in [6.07, 6.45) is 0.235. The Bertz CT molecular complexity index is 720. The highest BCUT2D eigenvalue weighted by molar-refractivity contribution is 5.92. The Labute approximate surface area is 154 Å². The zero-order valence-corrected chi connectivity index (χ0v) is 15.4. The zero-order valence-electron chi connectivity index (χ0n) is 15.4. The number of rotatable bonds is 5. The molecule has 0 radical (unpaired) electrons. The highest BCUT2D eigenvalue weighted by atomic mass is 19.1. The highest BCUT2D eigenvalue weighted by Crippen LogP contribution is 2.20. The largest absolute Gasteiger partial charge is 0.369 e. The Morgan fingerprint density at radius 2 is 1.62 bits per heavy atom. The molecule has 0 aliphatic carbocycles. The average Bonchev–Trinajstić information content (AvgIpc) is 2.64. The lowest BCUT2D eigenvalue weighted by atomic mass is 10.1. The molecule has 1 fully saturated rings. The number of nitrogens with zero attached hydrogens (tertiary/aromatic N) is 2. The monoisotopic (exact) mass is 355 g/mol. The smallest absolute Gasteiger partial charge is 0.228 e. The molecule has 0 atom stereocenters. The highest BCUT2D eigenvalue weighted by Gasteiger charge is 2.18. The third-order valence-electron chi connectivity index (χ3n) is 4.84. The second-order valence-corrected chi connectivity index (χ2v) is 7.02. The number of hydrogen-bond donors (Lipinski definition) is 1. The minimum atomic E-state index is -0.293. The summed E-state index contributed by atoms with van der Waals surface area (Å²) >= 11 is 0. The molecule has 138 valence electrons. The number of hydrogen-bond acceptors (Lipinski definition) is 3. The van der Waals surface area contributed by atoms with Crippen molar-refractivity contribution in [3.63, 3.8) is 0 Å². The molecule has 0 saturated carbocycles. The fraction of sp³-hybridized carbons (Fsp3) is 0.381. The van der Waals surface area contributed by atoms with E-state index in [1.54, 1.807) is 12.1 Å². The molecule has 0 aromatic heterocycles. The fourth-order valence-electron chi connectivity index (χ4n) is 3.24. The Hall–Kier alpha value is -2.40. The molecule has 1 amide bonds. The third kappa shape index (κ3) is 4.82. The van der Waals surface area contributed by atoms with Gasteiger partial charge in [0.1, 0.15) is 5.82 Å². The first-order valence-corrected chi connectivity index (χ1v) is 9.14. The maximum absolute atomic E-state index is 12.9. The molecule has 1 aliphatic heterocycles. The summed E-state index contributed by atoms with van der Waals surface area (Å²) < 4.78 is 12.9. The molecule has 1 heterocycles. The summed E-state index contributed by atoms with van der Waals surface area (Å²) in [5, 5.41) is 2.90. The van der Waals surface area contributed by atoms with Crippen molar-refractivity contribution in [2.24, 2.45) is 0 Å². The van der Waals surface area contributed by atoms with Crippen molar-refractivity contribution in [1.82, 2.24) is 4.90 Å². The van der Waals surface area contributed by atoms with Crippen molar-refractivity contribution in [2.75, 3.05) is 36.4 Å². The molecular formula is C21H26FN3O. The van der Waals surface area contributed by atoms with Gasteiger partial charge in [-0.1, -0.05) is 12.1 Å². The summed E-state index contributed by atoms with van der Waals surface area (Å²) in [7, 11) is 0. The van der Waals surface area contributed by atoms with Crippen LogP contribution in [-0.2, 0) is 11.2 Å². The van der Waals surface area contributed by atoms with Gasteiger partial charge in [-0.2, -0.15) is 0 Å². The first-order valence-electron chi connectivity index (χ1n) is 9.14. The van der Waals surface area contributed by atoms with Gasteiger partial charge in [-0.3, -0.25) is 9.69 Å². The van der Waals surface area contributed by atoms with Crippen LogP contribution in [0.2, 0.25) is 0 Å². The van der Waals surface area contributed by atoms with Crippen molar-refractivity contribution in [1.29, 1.82) is 0 Å². The Kier molecular flexibility index (Phi) is 5.89. The van der Waals surface area contributed by atoms with Crippen LogP contribution in [0.25, 0.3) is 0 Å². The van der Waals surface area contributed by atoms with Gasteiger partial charge in [0.05, 0.1) is 6.42 Å². The van der Waals surface area contributed by atoms with Gasteiger partial charge in [0.25, 0.3) is 0 Å². The first kappa shape index (κ1) is 18.4. The minimum Gasteiger partial charge on any atom is -0.369 e. The van der Waals surface area contributed by atoms with Gasteiger partial charge < -0.3 is 10.2 Å². The lowest BCUT2D eigenvalue weighted by Crippen LogP contribution is -2.48. The van der Waals surface area contributed by atoms with E-state index >= 15 is 0 Å². The Balaban J connectivity index is 1.53. The molecule has 1 saturated heterocycles. The third-order valence-corrected chi connectivity index (χ3v) is 4.84. The van der Waals surface area contributed by atoms with Gasteiger partial charge in [0, 0.05) is 43.6 Å². The quantitative estimate of drug-likeness (QED) is 0.891. The molecule has 0 unspecified atom stereocenters. The van der Waals surface area contributed by atoms with Crippen LogP contribution in [0.5, 0.6) is 0 Å². The molecule has 4 nitrogen and oxygen atoms in total. The minimum absolute atomic E-state index is 0.102. The lowest BCUT2D eigenvalue weighted by Gasteiger charge is -2.38. The van der Waals surface area contributed by atoms with E-state index in [0.717, 1.165) is 37.4 Å². The molecule has 2 aromatic rings. The number of nitrogens with one attached hydrogen (secondary N) is 1. The van der Waals surface area contributed by atoms with E-state index in [0.29, 0.717) is 6.04 Å². The molecule has 2 aromatic carbocycles. The fourth-order valence-corrected chi connectivity index (χ4v) is 3.24. The molecule has 5 heteroatoms. The molecule has 1 aliphatic rings. The molecule has 26 heavy (non-hydrogen) atoms. The van der Waals surface area contributed by atoms with Crippen LogP contribution in [0, 0.1) is 5.82 Å². The SMILES string of the molecule is CC(C)N1CCN(c2ccc(NC(=O)Cc3ccc(F)cc3)cc2)CC1. The molecule has 3 rings (SSSR count). The maximum Gasteiger partial charge on any atom is 0.228 e. The summed E-state index contributed by atoms with van der Waals surface area (Å²) in [5.74, 6) is -0.395. The van der Waals surface area contributed by atoms with Gasteiger partial charge in [-0.15, -0.1) is 0 Å². The van der Waals surface area contributed by atoms with Crippen LogP contribution in [0.3, 0.4) is 0 Å². The number of benzene rings is 2. The van der Waals surface area contributed by atoms with E-state index < -0.39 is 0 Å². The van der Waals surface area contributed by atoms with E-state index in [-0.39, 0.29) is 18.1 Å². The summed E-state index contributed by atoms with van der Waals surface area (Å²) in [5.41, 5.74) is 2.76. The van der Waals surface area contributed by atoms with Crippen molar-refractivity contribution in [2.45, 2.75) is 26.3 Å². The maximum atomic E-state index is 12.9. The number of piperazine rings is 1. The average molecular weight is 355 g/mol. The van der Waals surface area contributed by atoms with Gasteiger partial charge in [0.15, 0.2) is 0 Å². The zero-order chi connectivity index (χ0) is 18.5. The van der Waals surface area contributed by atoms with Gasteiger partial charge >= 0.3 is 0 Å². The molecule has 0 bridgehead atoms. The van der Waals surface area contributed by atoms with Crippen LogP contribution in [0.1, 0.15) is 19.4 Å². The van der Waals surface area contributed by atoms with Crippen LogP contribution >= 0.6 is 0 Å². The number of anilines is 2. The normalized spacial score (nSPS) is 15.3. The van der Waals surface area contributed by atoms with E-state index in [2.05, 4.69) is 41.1 Å². The molecule has 0 spiro atoms. The van der Waals surface area contributed by atoms with Crippen molar-refractivity contribution in [3.8, 4) is 0 Å². The van der Waals surface area contributed by atoms with Crippen molar-refractivity contribution in [3.05, 3.63) is 59.9 Å². The van der Waals surface area contributed by atoms with Crippen molar-refractivity contribution < 1.29 is 9.18 Å². The van der Waals surface area contributed by atoms with Crippen LogP contribution in [0.4, 0.5) is 15.8 Å². The number of halogens is 1. The second-order valence-electron chi connectivity index (χ2n) is 7.02. The van der Waals surface area contributed by atoms with Crippen LogP contribution < -0.4 is 10.2 Å². The van der Waals surface area contributed by atoms with Crippen molar-refractivity contribution >= 4 is 17.3 Å². The summed E-state index contributed by atoms with van der Waals surface area (Å²) in [6, 6.07) is 14.6. The number of amides is 1. The van der Waals surface area contributed by atoms with Crippen LogP contribution in [-0.4, -0.2) is 43.0 Å². The van der Waals surface area contributed by atoms with Gasteiger partial charge in [-0.05, 0) is 55.8 Å².